The lowest BCUT2D eigenvalue weighted by molar-refractivity contribution is 0.0384. The minimum absolute atomic E-state index is 0.223. The molecule has 1 aromatic heterocycles. The number of piperidine rings is 1. The first-order valence-corrected chi connectivity index (χ1v) is 11.2. The highest BCUT2D eigenvalue weighted by Crippen LogP contribution is 2.30. The van der Waals surface area contributed by atoms with Crippen molar-refractivity contribution in [1.82, 2.24) is 4.90 Å². The van der Waals surface area contributed by atoms with Gasteiger partial charge in [-0.2, -0.15) is 0 Å². The summed E-state index contributed by atoms with van der Waals surface area (Å²) in [5.41, 5.74) is 3.19. The first-order valence-electron chi connectivity index (χ1n) is 10.4. The molecule has 0 aliphatic carbocycles. The van der Waals surface area contributed by atoms with Gasteiger partial charge < -0.3 is 19.4 Å². The second kappa shape index (κ2) is 9.78. The monoisotopic (exact) mass is 461 g/mol. The number of anilines is 2. The largest absolute Gasteiger partial charge is 0.444 e. The Morgan fingerprint density at radius 1 is 1.03 bits per heavy atom. The molecule has 6 nitrogen and oxygen atoms in total. The molecular weight excluding hydrogens is 434 g/mol. The number of carbonyl (C=O) groups excluding carboxylic acids is 1. The van der Waals surface area contributed by atoms with E-state index in [0.29, 0.717) is 10.4 Å². The van der Waals surface area contributed by atoms with Crippen molar-refractivity contribution in [2.24, 2.45) is 0 Å². The summed E-state index contributed by atoms with van der Waals surface area (Å²) in [4.78, 5) is 17.5. The lowest BCUT2D eigenvalue weighted by Gasteiger charge is -2.31. The molecule has 1 amide bonds. The number of nitrogens with one attached hydrogen (secondary N) is 1. The molecule has 2 aliphatic rings. The van der Waals surface area contributed by atoms with E-state index < -0.39 is 0 Å². The van der Waals surface area contributed by atoms with E-state index in [2.05, 4.69) is 49.2 Å². The number of hydrogen-bond acceptors (Lipinski definition) is 5. The van der Waals surface area contributed by atoms with Gasteiger partial charge in [-0.1, -0.05) is 6.07 Å². The van der Waals surface area contributed by atoms with Crippen LogP contribution in [0.25, 0.3) is 0 Å². The standard InChI is InChI=1S/C22H28BrN3O3/c23-21-7-6-20(29-21)22(27)24-18-16-17(8-11-25-12-14-28-15-13-25)4-5-19(18)26-9-2-1-3-10-26/h4-7,16H,1-3,8-15H2,(H,24,27). The number of nitrogens with zero attached hydrogens (tertiary/aromatic N) is 2. The minimum Gasteiger partial charge on any atom is -0.444 e. The Balaban J connectivity index is 1.51. The van der Waals surface area contributed by atoms with Crippen LogP contribution in [0.2, 0.25) is 0 Å². The van der Waals surface area contributed by atoms with E-state index in [1.54, 1.807) is 12.1 Å². The molecule has 0 radical (unpaired) electrons. The predicted molar refractivity (Wildman–Crippen MR) is 118 cm³/mol. The number of ether oxygens (including phenoxy) is 1. The lowest BCUT2D eigenvalue weighted by Crippen LogP contribution is -2.37. The Morgan fingerprint density at radius 2 is 1.83 bits per heavy atom. The number of carbonyl (C=O) groups is 1. The second-order valence-corrected chi connectivity index (χ2v) is 8.44. The van der Waals surface area contributed by atoms with Crippen molar-refractivity contribution < 1.29 is 13.9 Å². The van der Waals surface area contributed by atoms with Crippen molar-refractivity contribution in [2.45, 2.75) is 25.7 Å². The third-order valence-electron chi connectivity index (χ3n) is 5.62. The first-order chi connectivity index (χ1) is 14.2. The van der Waals surface area contributed by atoms with Gasteiger partial charge >= 0.3 is 0 Å². The Kier molecular flexibility index (Phi) is 6.90. The molecule has 1 aromatic carbocycles. The zero-order valence-corrected chi connectivity index (χ0v) is 18.2. The average Bonchev–Trinajstić information content (AvgIpc) is 3.20. The van der Waals surface area contributed by atoms with Gasteiger partial charge in [-0.05, 0) is 71.4 Å². The Hall–Kier alpha value is -1.83. The Bertz CT molecular complexity index is 826. The fourth-order valence-corrected chi connectivity index (χ4v) is 4.29. The molecule has 0 bridgehead atoms. The smallest absolute Gasteiger partial charge is 0.291 e. The molecule has 29 heavy (non-hydrogen) atoms. The minimum atomic E-state index is -0.223. The zero-order chi connectivity index (χ0) is 20.1. The highest BCUT2D eigenvalue weighted by molar-refractivity contribution is 9.10. The number of hydrogen-bond donors (Lipinski definition) is 1. The van der Waals surface area contributed by atoms with Crippen molar-refractivity contribution in [1.29, 1.82) is 0 Å². The van der Waals surface area contributed by atoms with Crippen molar-refractivity contribution >= 4 is 33.2 Å². The van der Waals surface area contributed by atoms with Crippen LogP contribution in [0.1, 0.15) is 35.4 Å². The first kappa shape index (κ1) is 20.4. The van der Waals surface area contributed by atoms with E-state index in [4.69, 9.17) is 9.15 Å². The summed E-state index contributed by atoms with van der Waals surface area (Å²) in [5, 5.41) is 3.09. The number of rotatable bonds is 6. The van der Waals surface area contributed by atoms with E-state index in [1.807, 2.05) is 0 Å². The second-order valence-electron chi connectivity index (χ2n) is 7.66. The van der Waals surface area contributed by atoms with Gasteiger partial charge in [-0.3, -0.25) is 9.69 Å². The van der Waals surface area contributed by atoms with Gasteiger partial charge in [0.25, 0.3) is 5.91 Å². The summed E-state index contributed by atoms with van der Waals surface area (Å²) < 4.78 is 11.4. The maximum absolute atomic E-state index is 12.7. The molecule has 0 spiro atoms. The summed E-state index contributed by atoms with van der Waals surface area (Å²) in [6.07, 6.45) is 4.61. The van der Waals surface area contributed by atoms with Crippen molar-refractivity contribution in [3.63, 3.8) is 0 Å². The molecule has 1 N–H and O–H groups in total. The van der Waals surface area contributed by atoms with Crippen LogP contribution in [0.15, 0.2) is 39.4 Å². The maximum atomic E-state index is 12.7. The molecule has 2 saturated heterocycles. The Labute approximate surface area is 180 Å². The molecule has 0 atom stereocenters. The summed E-state index contributed by atoms with van der Waals surface area (Å²) in [6.45, 7) is 6.67. The topological polar surface area (TPSA) is 58.0 Å². The molecule has 156 valence electrons. The average molecular weight is 462 g/mol. The highest BCUT2D eigenvalue weighted by Gasteiger charge is 2.19. The number of furan rings is 1. The van der Waals surface area contributed by atoms with E-state index in [0.717, 1.165) is 63.7 Å². The van der Waals surface area contributed by atoms with Crippen molar-refractivity contribution in [3.05, 3.63) is 46.3 Å². The van der Waals surface area contributed by atoms with Gasteiger partial charge in [-0.25, -0.2) is 0 Å². The van der Waals surface area contributed by atoms with Crippen LogP contribution in [0.5, 0.6) is 0 Å². The molecular formula is C22H28BrN3O3. The fraction of sp³-hybridized carbons (Fsp3) is 0.500. The van der Waals surface area contributed by atoms with E-state index in [-0.39, 0.29) is 5.91 Å². The summed E-state index contributed by atoms with van der Waals surface area (Å²) in [5.74, 6) is 0.0828. The molecule has 7 heteroatoms. The highest BCUT2D eigenvalue weighted by atomic mass is 79.9. The predicted octanol–water partition coefficient (Wildman–Crippen LogP) is 4.16. The summed E-state index contributed by atoms with van der Waals surface area (Å²) >= 11 is 3.26. The number of halogens is 1. The van der Waals surface area contributed by atoms with Crippen molar-refractivity contribution in [2.75, 3.05) is 56.2 Å². The van der Waals surface area contributed by atoms with Crippen LogP contribution in [0.3, 0.4) is 0 Å². The normalized spacial score (nSPS) is 18.0. The van der Waals surface area contributed by atoms with Gasteiger partial charge in [0.1, 0.15) is 0 Å². The molecule has 2 aromatic rings. The SMILES string of the molecule is O=C(Nc1cc(CCN2CCOCC2)ccc1N1CCCCC1)c1ccc(Br)o1. The Morgan fingerprint density at radius 3 is 2.55 bits per heavy atom. The van der Waals surface area contributed by atoms with Crippen LogP contribution in [-0.4, -0.2) is 56.7 Å². The molecule has 4 rings (SSSR count). The fourth-order valence-electron chi connectivity index (χ4n) is 3.98. The molecule has 2 aliphatic heterocycles. The lowest BCUT2D eigenvalue weighted by atomic mass is 10.1. The third-order valence-corrected chi connectivity index (χ3v) is 6.05. The third kappa shape index (κ3) is 5.41. The van der Waals surface area contributed by atoms with Gasteiger partial charge in [0.15, 0.2) is 10.4 Å². The number of amides is 1. The van der Waals surface area contributed by atoms with Crippen molar-refractivity contribution in [3.8, 4) is 0 Å². The van der Waals surface area contributed by atoms with Gasteiger partial charge in [0, 0.05) is 32.7 Å². The summed E-state index contributed by atoms with van der Waals surface area (Å²) in [6, 6.07) is 9.90. The number of morpholine rings is 1. The van der Waals surface area contributed by atoms with Crippen LogP contribution >= 0.6 is 15.9 Å². The van der Waals surface area contributed by atoms with E-state index >= 15 is 0 Å². The number of benzene rings is 1. The molecule has 3 heterocycles. The van der Waals surface area contributed by atoms with Gasteiger partial charge in [-0.15, -0.1) is 0 Å². The van der Waals surface area contributed by atoms with Crippen LogP contribution in [0.4, 0.5) is 11.4 Å². The zero-order valence-electron chi connectivity index (χ0n) is 16.7. The van der Waals surface area contributed by atoms with Gasteiger partial charge in [0.05, 0.1) is 24.6 Å². The van der Waals surface area contributed by atoms with E-state index in [9.17, 15) is 4.79 Å². The quantitative estimate of drug-likeness (QED) is 0.699. The molecule has 0 saturated carbocycles. The summed E-state index contributed by atoms with van der Waals surface area (Å²) in [7, 11) is 0. The van der Waals surface area contributed by atoms with Gasteiger partial charge in [0.2, 0.25) is 0 Å². The van der Waals surface area contributed by atoms with Crippen LogP contribution in [-0.2, 0) is 11.2 Å². The maximum Gasteiger partial charge on any atom is 0.291 e. The van der Waals surface area contributed by atoms with Crippen LogP contribution in [0, 0.1) is 0 Å². The van der Waals surface area contributed by atoms with E-state index in [1.165, 1.54) is 24.8 Å². The van der Waals surface area contributed by atoms with Crippen LogP contribution < -0.4 is 10.2 Å². The molecule has 2 fully saturated rings. The molecule has 0 unspecified atom stereocenters.